The van der Waals surface area contributed by atoms with Crippen LogP contribution >= 0.6 is 0 Å². The SMILES string of the molecule is CCNCc1c2c(nc3ccc(OC)cc13)CCCC2. The summed E-state index contributed by atoms with van der Waals surface area (Å²) >= 11 is 0. The summed E-state index contributed by atoms with van der Waals surface area (Å²) in [5, 5.41) is 4.72. The summed E-state index contributed by atoms with van der Waals surface area (Å²) in [7, 11) is 1.72. The van der Waals surface area contributed by atoms with Crippen LogP contribution in [0.4, 0.5) is 0 Å². The molecule has 2 aromatic rings. The molecule has 0 bridgehead atoms. The molecule has 0 saturated carbocycles. The summed E-state index contributed by atoms with van der Waals surface area (Å²) in [6.07, 6.45) is 4.83. The second kappa shape index (κ2) is 5.80. The van der Waals surface area contributed by atoms with Gasteiger partial charge in [-0.2, -0.15) is 0 Å². The Bertz CT molecular complexity index is 622. The van der Waals surface area contributed by atoms with E-state index in [0.717, 1.165) is 37.2 Å². The minimum atomic E-state index is 0.910. The Kier molecular flexibility index (Phi) is 3.88. The topological polar surface area (TPSA) is 34.2 Å². The molecule has 1 aliphatic rings. The maximum absolute atomic E-state index is 5.38. The first kappa shape index (κ1) is 13.4. The van der Waals surface area contributed by atoms with Crippen LogP contribution in [-0.2, 0) is 19.4 Å². The van der Waals surface area contributed by atoms with E-state index in [2.05, 4.69) is 24.4 Å². The average Bonchev–Trinajstić information content (AvgIpc) is 2.51. The highest BCUT2D eigenvalue weighted by Crippen LogP contribution is 2.31. The Morgan fingerprint density at radius 1 is 1.25 bits per heavy atom. The van der Waals surface area contributed by atoms with Gasteiger partial charge < -0.3 is 10.1 Å². The summed E-state index contributed by atoms with van der Waals surface area (Å²) in [6.45, 7) is 4.06. The predicted octanol–water partition coefficient (Wildman–Crippen LogP) is 3.23. The molecule has 0 aliphatic heterocycles. The molecule has 0 saturated heterocycles. The van der Waals surface area contributed by atoms with Crippen molar-refractivity contribution in [2.75, 3.05) is 13.7 Å². The van der Waals surface area contributed by atoms with Crippen LogP contribution in [0.1, 0.15) is 36.6 Å². The monoisotopic (exact) mass is 270 g/mol. The van der Waals surface area contributed by atoms with Gasteiger partial charge in [0.1, 0.15) is 5.75 Å². The number of hydrogen-bond donors (Lipinski definition) is 1. The molecular formula is C17H22N2O. The van der Waals surface area contributed by atoms with Crippen LogP contribution in [0.25, 0.3) is 10.9 Å². The van der Waals surface area contributed by atoms with Crippen molar-refractivity contribution in [3.63, 3.8) is 0 Å². The van der Waals surface area contributed by atoms with Crippen LogP contribution in [-0.4, -0.2) is 18.6 Å². The van der Waals surface area contributed by atoms with Crippen molar-refractivity contribution in [2.24, 2.45) is 0 Å². The van der Waals surface area contributed by atoms with Gasteiger partial charge in [-0.3, -0.25) is 4.98 Å². The zero-order valence-electron chi connectivity index (χ0n) is 12.3. The standard InChI is InChI=1S/C17H22N2O/c1-3-18-11-15-13-6-4-5-7-16(13)19-17-9-8-12(20-2)10-14(15)17/h8-10,18H,3-7,11H2,1-2H3. The van der Waals surface area contributed by atoms with Gasteiger partial charge in [-0.15, -0.1) is 0 Å². The van der Waals surface area contributed by atoms with Crippen molar-refractivity contribution in [1.29, 1.82) is 0 Å². The van der Waals surface area contributed by atoms with E-state index in [0.29, 0.717) is 0 Å². The van der Waals surface area contributed by atoms with E-state index in [1.54, 1.807) is 7.11 Å². The Balaban J connectivity index is 2.20. The maximum Gasteiger partial charge on any atom is 0.119 e. The lowest BCUT2D eigenvalue weighted by Crippen LogP contribution is -2.17. The van der Waals surface area contributed by atoms with Gasteiger partial charge in [-0.25, -0.2) is 0 Å². The smallest absolute Gasteiger partial charge is 0.119 e. The van der Waals surface area contributed by atoms with Gasteiger partial charge in [-0.1, -0.05) is 6.92 Å². The second-order valence-corrected chi connectivity index (χ2v) is 5.39. The third-order valence-corrected chi connectivity index (χ3v) is 4.14. The summed E-state index contributed by atoms with van der Waals surface area (Å²) < 4.78 is 5.38. The van der Waals surface area contributed by atoms with Gasteiger partial charge in [0.15, 0.2) is 0 Å². The lowest BCUT2D eigenvalue weighted by atomic mass is 9.89. The quantitative estimate of drug-likeness (QED) is 0.926. The number of hydrogen-bond acceptors (Lipinski definition) is 3. The molecule has 1 N–H and O–H groups in total. The number of nitrogens with zero attached hydrogens (tertiary/aromatic N) is 1. The molecule has 0 radical (unpaired) electrons. The minimum absolute atomic E-state index is 0.910. The molecule has 0 unspecified atom stereocenters. The van der Waals surface area contributed by atoms with Gasteiger partial charge >= 0.3 is 0 Å². The van der Waals surface area contributed by atoms with Crippen LogP contribution in [0.2, 0.25) is 0 Å². The molecule has 3 nitrogen and oxygen atoms in total. The van der Waals surface area contributed by atoms with Crippen molar-refractivity contribution in [2.45, 2.75) is 39.2 Å². The highest BCUT2D eigenvalue weighted by Gasteiger charge is 2.18. The molecule has 1 heterocycles. The van der Waals surface area contributed by atoms with Crippen LogP contribution in [0.3, 0.4) is 0 Å². The number of aromatic nitrogens is 1. The molecule has 106 valence electrons. The van der Waals surface area contributed by atoms with Crippen molar-refractivity contribution in [1.82, 2.24) is 10.3 Å². The fourth-order valence-electron chi connectivity index (χ4n) is 3.08. The Hall–Kier alpha value is -1.61. The zero-order valence-corrected chi connectivity index (χ0v) is 12.3. The van der Waals surface area contributed by atoms with E-state index in [4.69, 9.17) is 9.72 Å². The molecule has 3 rings (SSSR count). The van der Waals surface area contributed by atoms with Gasteiger partial charge in [0.2, 0.25) is 0 Å². The fraction of sp³-hybridized carbons (Fsp3) is 0.471. The van der Waals surface area contributed by atoms with Crippen molar-refractivity contribution in [3.05, 3.63) is 35.0 Å². The second-order valence-electron chi connectivity index (χ2n) is 5.39. The third kappa shape index (κ3) is 2.38. The average molecular weight is 270 g/mol. The number of benzene rings is 1. The van der Waals surface area contributed by atoms with E-state index < -0.39 is 0 Å². The molecular weight excluding hydrogens is 248 g/mol. The summed E-state index contributed by atoms with van der Waals surface area (Å²) in [5.41, 5.74) is 5.30. The molecule has 1 aromatic carbocycles. The third-order valence-electron chi connectivity index (χ3n) is 4.14. The molecule has 0 spiro atoms. The number of pyridine rings is 1. The van der Waals surface area contributed by atoms with Gasteiger partial charge in [0, 0.05) is 17.6 Å². The van der Waals surface area contributed by atoms with Gasteiger partial charge in [-0.05, 0) is 61.6 Å². The number of nitrogens with one attached hydrogen (secondary N) is 1. The van der Waals surface area contributed by atoms with E-state index >= 15 is 0 Å². The van der Waals surface area contributed by atoms with E-state index in [1.165, 1.54) is 35.0 Å². The molecule has 0 fully saturated rings. The predicted molar refractivity (Wildman–Crippen MR) is 82.3 cm³/mol. The van der Waals surface area contributed by atoms with Crippen molar-refractivity contribution in [3.8, 4) is 5.75 Å². The Labute approximate surface area is 120 Å². The highest BCUT2D eigenvalue weighted by molar-refractivity contribution is 5.85. The largest absolute Gasteiger partial charge is 0.497 e. The number of fused-ring (bicyclic) bond motifs is 2. The molecule has 3 heteroatoms. The number of rotatable bonds is 4. The van der Waals surface area contributed by atoms with Crippen molar-refractivity contribution < 1.29 is 4.74 Å². The minimum Gasteiger partial charge on any atom is -0.497 e. The summed E-state index contributed by atoms with van der Waals surface area (Å²) in [6, 6.07) is 6.21. The van der Waals surface area contributed by atoms with E-state index in [9.17, 15) is 0 Å². The maximum atomic E-state index is 5.38. The molecule has 1 aromatic heterocycles. The molecule has 1 aliphatic carbocycles. The Morgan fingerprint density at radius 2 is 2.10 bits per heavy atom. The first-order chi connectivity index (χ1) is 9.83. The summed E-state index contributed by atoms with van der Waals surface area (Å²) in [5.74, 6) is 0.910. The first-order valence-corrected chi connectivity index (χ1v) is 7.52. The van der Waals surface area contributed by atoms with Gasteiger partial charge in [0.05, 0.1) is 12.6 Å². The van der Waals surface area contributed by atoms with Crippen molar-refractivity contribution >= 4 is 10.9 Å². The Morgan fingerprint density at radius 3 is 2.90 bits per heavy atom. The number of aryl methyl sites for hydroxylation is 1. The zero-order chi connectivity index (χ0) is 13.9. The lowest BCUT2D eigenvalue weighted by Gasteiger charge is -2.21. The fourth-order valence-corrected chi connectivity index (χ4v) is 3.08. The summed E-state index contributed by atoms with van der Waals surface area (Å²) in [4.78, 5) is 4.88. The van der Waals surface area contributed by atoms with E-state index in [-0.39, 0.29) is 0 Å². The molecule has 20 heavy (non-hydrogen) atoms. The van der Waals surface area contributed by atoms with E-state index in [1.807, 2.05) is 6.07 Å². The molecule has 0 amide bonds. The van der Waals surface area contributed by atoms with Crippen LogP contribution in [0.5, 0.6) is 5.75 Å². The van der Waals surface area contributed by atoms with Gasteiger partial charge in [0.25, 0.3) is 0 Å². The highest BCUT2D eigenvalue weighted by atomic mass is 16.5. The van der Waals surface area contributed by atoms with Crippen LogP contribution in [0.15, 0.2) is 18.2 Å². The molecule has 0 atom stereocenters. The number of ether oxygens (including phenoxy) is 1. The normalized spacial score (nSPS) is 14.3. The lowest BCUT2D eigenvalue weighted by molar-refractivity contribution is 0.415. The van der Waals surface area contributed by atoms with Crippen LogP contribution < -0.4 is 10.1 Å². The van der Waals surface area contributed by atoms with Crippen LogP contribution in [0, 0.1) is 0 Å². The first-order valence-electron chi connectivity index (χ1n) is 7.52. The number of methoxy groups -OCH3 is 1.